The van der Waals surface area contributed by atoms with Crippen molar-refractivity contribution >= 4 is 34.1 Å². The summed E-state index contributed by atoms with van der Waals surface area (Å²) in [5, 5.41) is 0. The van der Waals surface area contributed by atoms with Gasteiger partial charge in [0.1, 0.15) is 0 Å². The molecular formula is C116H80N2. The van der Waals surface area contributed by atoms with E-state index in [0.717, 1.165) is 34.1 Å². The molecule has 18 aromatic rings. The van der Waals surface area contributed by atoms with Crippen LogP contribution >= 0.6 is 0 Å². The molecule has 6 aliphatic rings. The summed E-state index contributed by atoms with van der Waals surface area (Å²) in [5.74, 6) is 0. The molecule has 2 nitrogen and oxygen atoms in total. The lowest BCUT2D eigenvalue weighted by atomic mass is 9.70. The van der Waals surface area contributed by atoms with Crippen LogP contribution in [0.2, 0.25) is 0 Å². The SMILES string of the molecule is CC1(C)c2ccc(-c3cccc4c3C(C)(C)c3cc(N(c5ccc(-c6ccccc6)cc5)c5ccc(-c6ccc7c(c6)C6(c8ccccc8-c8ccccc86)c6ccccc6-7)cc5)ccc3-4)cc2-c2ccc(N(c3ccc(-c4ccc5c(c4)C4(c6ccccc6-c6ccccc64)c4ccccc4-5)cc3)c3cccc(-c4ccccc4)c3)cc21. The van der Waals surface area contributed by atoms with E-state index < -0.39 is 10.8 Å². The van der Waals surface area contributed by atoms with Gasteiger partial charge in [0.25, 0.3) is 0 Å². The molecule has 0 amide bonds. The predicted molar refractivity (Wildman–Crippen MR) is 491 cm³/mol. The van der Waals surface area contributed by atoms with Gasteiger partial charge >= 0.3 is 0 Å². The Labute approximate surface area is 690 Å². The molecule has 0 bridgehead atoms. The number of hydrogen-bond acceptors (Lipinski definition) is 2. The van der Waals surface area contributed by atoms with Crippen molar-refractivity contribution in [3.63, 3.8) is 0 Å². The Balaban J connectivity index is 0.572. The molecule has 554 valence electrons. The summed E-state index contributed by atoms with van der Waals surface area (Å²) in [7, 11) is 0. The van der Waals surface area contributed by atoms with Gasteiger partial charge < -0.3 is 9.80 Å². The van der Waals surface area contributed by atoms with Gasteiger partial charge in [-0.3, -0.25) is 0 Å². The lowest BCUT2D eigenvalue weighted by molar-refractivity contribution is 0.659. The molecule has 0 aliphatic heterocycles. The zero-order valence-electron chi connectivity index (χ0n) is 66.2. The minimum atomic E-state index is -0.417. The number of nitrogens with zero attached hydrogens (tertiary/aromatic N) is 2. The minimum absolute atomic E-state index is 0.293. The normalized spacial score (nSPS) is 14.4. The van der Waals surface area contributed by atoms with Gasteiger partial charge in [0, 0.05) is 45.0 Å². The second kappa shape index (κ2) is 25.5. The van der Waals surface area contributed by atoms with Crippen LogP contribution in [-0.2, 0) is 21.7 Å². The van der Waals surface area contributed by atoms with E-state index in [4.69, 9.17) is 0 Å². The van der Waals surface area contributed by atoms with E-state index in [2.05, 4.69) is 450 Å². The van der Waals surface area contributed by atoms with Crippen LogP contribution in [0, 0.1) is 0 Å². The van der Waals surface area contributed by atoms with Crippen molar-refractivity contribution < 1.29 is 0 Å². The third kappa shape index (κ3) is 9.63. The Hall–Kier alpha value is -14.4. The fourth-order valence-electron chi connectivity index (χ4n) is 22.2. The molecule has 0 fully saturated rings. The van der Waals surface area contributed by atoms with Crippen molar-refractivity contribution in [2.75, 3.05) is 9.80 Å². The molecule has 0 N–H and O–H groups in total. The van der Waals surface area contributed by atoms with Crippen LogP contribution in [0.15, 0.2) is 413 Å². The number of rotatable bonds is 11. The molecular weight excluding hydrogens is 1420 g/mol. The second-order valence-corrected chi connectivity index (χ2v) is 34.1. The zero-order valence-corrected chi connectivity index (χ0v) is 66.2. The van der Waals surface area contributed by atoms with Gasteiger partial charge in [-0.15, -0.1) is 0 Å². The first kappa shape index (κ1) is 68.0. The Morgan fingerprint density at radius 2 is 0.424 bits per heavy atom. The number of hydrogen-bond donors (Lipinski definition) is 0. The summed E-state index contributed by atoms with van der Waals surface area (Å²) in [6.45, 7) is 9.72. The highest BCUT2D eigenvalue weighted by Gasteiger charge is 2.54. The standard InChI is InChI=1S/C116H80N2/c1-113(2)101-66-53-81(68-100(101)98-65-61-87(71-108(98)113)118(85-30-23-29-78(67-85)74-27-9-6-10-28-74)84-58-49-77(50-59-84)80-52-63-96-94-36-16-22-44-107(94)116(111(96)70-80)104-41-19-13-33-91(104)92-34-14-20-42-105(92)116)88-37-24-38-99-97-64-60-86(72-109(97)114(3,4)112(88)99)117(82-54-45-75(46-55-82)73-25-7-5-8-26-73)83-56-47-76(48-57-83)79-51-62-95-93-35-15-21-43-106(93)115(110(95)69-79)102-39-17-11-31-89(102)90-32-12-18-40-103(90)115/h5-72H,1-4H3. The zero-order chi connectivity index (χ0) is 78.3. The number of anilines is 6. The summed E-state index contributed by atoms with van der Waals surface area (Å²) in [6, 6.07) is 156. The molecule has 118 heavy (non-hydrogen) atoms. The van der Waals surface area contributed by atoms with Crippen molar-refractivity contribution in [1.82, 2.24) is 0 Å². The minimum Gasteiger partial charge on any atom is -0.310 e. The summed E-state index contributed by atoms with van der Waals surface area (Å²) < 4.78 is 0. The molecule has 0 radical (unpaired) electrons. The molecule has 0 heterocycles. The van der Waals surface area contributed by atoms with Crippen LogP contribution in [0.4, 0.5) is 34.1 Å². The maximum absolute atomic E-state index is 2.50. The van der Waals surface area contributed by atoms with Gasteiger partial charge in [-0.2, -0.15) is 0 Å². The van der Waals surface area contributed by atoms with E-state index in [-0.39, 0.29) is 10.8 Å². The molecule has 18 aromatic carbocycles. The summed E-state index contributed by atoms with van der Waals surface area (Å²) >= 11 is 0. The fourth-order valence-corrected chi connectivity index (χ4v) is 22.2. The van der Waals surface area contributed by atoms with Crippen molar-refractivity contribution in [3.05, 3.63) is 479 Å². The first-order chi connectivity index (χ1) is 58.0. The number of benzene rings is 18. The molecule has 0 aromatic heterocycles. The van der Waals surface area contributed by atoms with Gasteiger partial charge in [0.15, 0.2) is 0 Å². The molecule has 0 atom stereocenters. The van der Waals surface area contributed by atoms with E-state index in [1.807, 2.05) is 0 Å². The quantitative estimate of drug-likeness (QED) is 0.127. The van der Waals surface area contributed by atoms with Crippen LogP contribution < -0.4 is 9.80 Å². The van der Waals surface area contributed by atoms with Crippen LogP contribution in [0.25, 0.3) is 122 Å². The van der Waals surface area contributed by atoms with Gasteiger partial charge in [-0.05, 0) is 280 Å². The van der Waals surface area contributed by atoms with Crippen molar-refractivity contribution in [2.45, 2.75) is 49.4 Å². The van der Waals surface area contributed by atoms with Crippen molar-refractivity contribution in [1.29, 1.82) is 0 Å². The van der Waals surface area contributed by atoms with Crippen LogP contribution in [0.1, 0.15) is 94.5 Å². The summed E-state index contributed by atoms with van der Waals surface area (Å²) in [6.07, 6.45) is 0. The Bertz CT molecular complexity index is 7090. The van der Waals surface area contributed by atoms with Gasteiger partial charge in [0.2, 0.25) is 0 Å². The molecule has 24 rings (SSSR count). The molecule has 0 saturated heterocycles. The fraction of sp³-hybridized carbons (Fsp3) is 0.0690. The highest BCUT2D eigenvalue weighted by atomic mass is 15.1. The smallest absolute Gasteiger partial charge is 0.0725 e. The third-order valence-electron chi connectivity index (χ3n) is 27.5. The number of fused-ring (bicyclic) bond motifs is 26. The van der Waals surface area contributed by atoms with E-state index in [9.17, 15) is 0 Å². The first-order valence-corrected chi connectivity index (χ1v) is 41.6. The van der Waals surface area contributed by atoms with Crippen molar-refractivity contribution in [2.24, 2.45) is 0 Å². The topological polar surface area (TPSA) is 6.48 Å². The monoisotopic (exact) mass is 1500 g/mol. The second-order valence-electron chi connectivity index (χ2n) is 34.1. The Morgan fingerprint density at radius 1 is 0.144 bits per heavy atom. The molecule has 2 heteroatoms. The van der Waals surface area contributed by atoms with Crippen LogP contribution in [-0.4, -0.2) is 0 Å². The maximum atomic E-state index is 2.50. The van der Waals surface area contributed by atoms with E-state index in [1.54, 1.807) is 0 Å². The van der Waals surface area contributed by atoms with Crippen molar-refractivity contribution in [3.8, 4) is 122 Å². The van der Waals surface area contributed by atoms with Crippen LogP contribution in [0.3, 0.4) is 0 Å². The van der Waals surface area contributed by atoms with E-state index in [0.29, 0.717) is 0 Å². The first-order valence-electron chi connectivity index (χ1n) is 41.6. The van der Waals surface area contributed by atoms with Crippen LogP contribution in [0.5, 0.6) is 0 Å². The highest BCUT2D eigenvalue weighted by molar-refractivity contribution is 6.00. The lowest BCUT2D eigenvalue weighted by Gasteiger charge is -2.30. The maximum Gasteiger partial charge on any atom is 0.0725 e. The molecule has 2 spiro atoms. The summed E-state index contributed by atoms with van der Waals surface area (Å²) in [4.78, 5) is 4.92. The lowest BCUT2D eigenvalue weighted by Crippen LogP contribution is -2.25. The Kier molecular flexibility index (Phi) is 14.7. The van der Waals surface area contributed by atoms with Gasteiger partial charge in [-0.1, -0.05) is 349 Å². The average Bonchev–Trinajstić information content (AvgIpc) is 1.52. The van der Waals surface area contributed by atoms with E-state index in [1.165, 1.54) is 189 Å². The molecule has 0 unspecified atom stereocenters. The predicted octanol–water partition coefficient (Wildman–Crippen LogP) is 30.3. The average molecular weight is 1500 g/mol. The molecule has 0 saturated carbocycles. The van der Waals surface area contributed by atoms with E-state index >= 15 is 0 Å². The molecule has 6 aliphatic carbocycles. The largest absolute Gasteiger partial charge is 0.310 e. The third-order valence-corrected chi connectivity index (χ3v) is 27.5. The Morgan fingerprint density at radius 3 is 0.873 bits per heavy atom. The van der Waals surface area contributed by atoms with Gasteiger partial charge in [-0.25, -0.2) is 0 Å². The highest BCUT2D eigenvalue weighted by Crippen LogP contribution is 2.66. The summed E-state index contributed by atoms with van der Waals surface area (Å²) in [5.41, 5.74) is 48.9. The van der Waals surface area contributed by atoms with Gasteiger partial charge in [0.05, 0.1) is 10.8 Å².